The van der Waals surface area contributed by atoms with Crippen LogP contribution in [0.5, 0.6) is 11.5 Å². The summed E-state index contributed by atoms with van der Waals surface area (Å²) in [7, 11) is 4.56. The first kappa shape index (κ1) is 18.3. The summed E-state index contributed by atoms with van der Waals surface area (Å²) in [5.74, 6) is 0.793. The first-order chi connectivity index (χ1) is 11.0. The quantitative estimate of drug-likeness (QED) is 0.602. The lowest BCUT2D eigenvalue weighted by Gasteiger charge is -2.14. The van der Waals surface area contributed by atoms with Gasteiger partial charge in [0.2, 0.25) is 0 Å². The molecule has 0 bridgehead atoms. The summed E-state index contributed by atoms with van der Waals surface area (Å²) >= 11 is 0. The van der Waals surface area contributed by atoms with E-state index >= 15 is 0 Å². The minimum Gasteiger partial charge on any atom is -0.490 e. The van der Waals surface area contributed by atoms with Crippen molar-refractivity contribution in [3.05, 3.63) is 23.8 Å². The molecule has 8 nitrogen and oxygen atoms in total. The minimum atomic E-state index is -0.659. The lowest BCUT2D eigenvalue weighted by Crippen LogP contribution is -2.27. The van der Waals surface area contributed by atoms with E-state index in [9.17, 15) is 9.59 Å². The number of ether oxygens (including phenoxy) is 3. The molecule has 1 aromatic carbocycles. The smallest absolute Gasteiger partial charge is 0.427 e. The van der Waals surface area contributed by atoms with Crippen LogP contribution in [0.2, 0.25) is 0 Å². The van der Waals surface area contributed by atoms with Gasteiger partial charge in [-0.15, -0.1) is 0 Å². The molecule has 2 amide bonds. The van der Waals surface area contributed by atoms with Crippen LogP contribution in [0.4, 0.5) is 4.79 Å². The van der Waals surface area contributed by atoms with Crippen LogP contribution >= 0.6 is 0 Å². The number of carbonyl (C=O) groups is 2. The van der Waals surface area contributed by atoms with Crippen molar-refractivity contribution in [2.45, 2.75) is 6.92 Å². The summed E-state index contributed by atoms with van der Waals surface area (Å²) in [6.07, 6.45) is 0.780. The number of carbonyl (C=O) groups excluding carboxylic acids is 2. The monoisotopic (exact) mass is 323 g/mol. The molecular weight excluding hydrogens is 302 g/mol. The highest BCUT2D eigenvalue weighted by molar-refractivity contribution is 5.82. The lowest BCUT2D eigenvalue weighted by atomic mass is 10.2. The first-order valence-electron chi connectivity index (χ1n) is 6.94. The van der Waals surface area contributed by atoms with E-state index in [0.29, 0.717) is 23.7 Å². The van der Waals surface area contributed by atoms with Gasteiger partial charge in [-0.1, -0.05) is 0 Å². The molecule has 0 heterocycles. The fraction of sp³-hybridized carbons (Fsp3) is 0.400. The Hall–Kier alpha value is -2.77. The first-order valence-corrected chi connectivity index (χ1v) is 6.94. The Labute approximate surface area is 135 Å². The van der Waals surface area contributed by atoms with Crippen LogP contribution in [0.3, 0.4) is 0 Å². The molecule has 0 atom stereocenters. The zero-order valence-electron chi connectivity index (χ0n) is 13.7. The SMILES string of the molecule is CCOc1cc(/C=N/NC(=O)OC)ccc1OCC(=O)N(C)C. The third-order valence-electron chi connectivity index (χ3n) is 2.67. The van der Waals surface area contributed by atoms with Crippen molar-refractivity contribution in [2.24, 2.45) is 5.10 Å². The van der Waals surface area contributed by atoms with E-state index in [0.717, 1.165) is 0 Å². The number of amides is 2. The molecular formula is C15H21N3O5. The fourth-order valence-corrected chi connectivity index (χ4v) is 1.47. The topological polar surface area (TPSA) is 89.5 Å². The predicted molar refractivity (Wildman–Crippen MR) is 84.9 cm³/mol. The molecule has 0 radical (unpaired) electrons. The zero-order chi connectivity index (χ0) is 17.2. The molecule has 1 N–H and O–H groups in total. The van der Waals surface area contributed by atoms with Gasteiger partial charge in [-0.05, 0) is 30.7 Å². The second-order valence-corrected chi connectivity index (χ2v) is 4.58. The number of nitrogens with one attached hydrogen (secondary N) is 1. The summed E-state index contributed by atoms with van der Waals surface area (Å²) in [4.78, 5) is 23.9. The van der Waals surface area contributed by atoms with Gasteiger partial charge in [-0.2, -0.15) is 5.10 Å². The van der Waals surface area contributed by atoms with Crippen molar-refractivity contribution in [3.8, 4) is 11.5 Å². The van der Waals surface area contributed by atoms with E-state index in [1.807, 2.05) is 6.92 Å². The van der Waals surface area contributed by atoms with Gasteiger partial charge in [0.1, 0.15) is 0 Å². The zero-order valence-corrected chi connectivity index (χ0v) is 13.7. The van der Waals surface area contributed by atoms with Crippen molar-refractivity contribution >= 4 is 18.2 Å². The minimum absolute atomic E-state index is 0.0790. The molecule has 1 rings (SSSR count). The molecule has 0 fully saturated rings. The van der Waals surface area contributed by atoms with Gasteiger partial charge in [-0.3, -0.25) is 4.79 Å². The van der Waals surface area contributed by atoms with Gasteiger partial charge in [0.25, 0.3) is 5.91 Å². The average Bonchev–Trinajstić information content (AvgIpc) is 2.53. The second kappa shape index (κ2) is 9.29. The van der Waals surface area contributed by atoms with Crippen LogP contribution in [0, 0.1) is 0 Å². The average molecular weight is 323 g/mol. The van der Waals surface area contributed by atoms with E-state index in [2.05, 4.69) is 15.3 Å². The Kier molecular flexibility index (Phi) is 7.38. The maximum atomic E-state index is 11.6. The van der Waals surface area contributed by atoms with E-state index in [4.69, 9.17) is 9.47 Å². The van der Waals surface area contributed by atoms with Gasteiger partial charge >= 0.3 is 6.09 Å². The van der Waals surface area contributed by atoms with E-state index < -0.39 is 6.09 Å². The van der Waals surface area contributed by atoms with Crippen molar-refractivity contribution in [2.75, 3.05) is 34.4 Å². The van der Waals surface area contributed by atoms with Crippen LogP contribution in [0.25, 0.3) is 0 Å². The van der Waals surface area contributed by atoms with Crippen LogP contribution in [-0.2, 0) is 9.53 Å². The van der Waals surface area contributed by atoms with Gasteiger partial charge in [-0.25, -0.2) is 10.2 Å². The molecule has 0 aliphatic carbocycles. The molecule has 0 spiro atoms. The van der Waals surface area contributed by atoms with Crippen molar-refractivity contribution < 1.29 is 23.8 Å². The van der Waals surface area contributed by atoms with Gasteiger partial charge < -0.3 is 19.1 Å². The molecule has 23 heavy (non-hydrogen) atoms. The summed E-state index contributed by atoms with van der Waals surface area (Å²) in [6, 6.07) is 5.09. The summed E-state index contributed by atoms with van der Waals surface area (Å²) in [6.45, 7) is 2.21. The van der Waals surface area contributed by atoms with Crippen molar-refractivity contribution in [3.63, 3.8) is 0 Å². The summed E-state index contributed by atoms with van der Waals surface area (Å²) in [5, 5.41) is 3.73. The molecule has 0 aromatic heterocycles. The Morgan fingerprint density at radius 2 is 2.00 bits per heavy atom. The van der Waals surface area contributed by atoms with Gasteiger partial charge in [0.15, 0.2) is 18.1 Å². The molecule has 0 saturated heterocycles. The highest BCUT2D eigenvalue weighted by Crippen LogP contribution is 2.28. The molecule has 1 aromatic rings. The van der Waals surface area contributed by atoms with Crippen molar-refractivity contribution in [1.29, 1.82) is 0 Å². The lowest BCUT2D eigenvalue weighted by molar-refractivity contribution is -0.130. The molecule has 0 unspecified atom stereocenters. The summed E-state index contributed by atoms with van der Waals surface area (Å²) < 4.78 is 15.4. The number of hydrogen-bond acceptors (Lipinski definition) is 6. The Morgan fingerprint density at radius 1 is 1.26 bits per heavy atom. The number of likely N-dealkylation sites (N-methyl/N-ethyl adjacent to an activating group) is 1. The maximum Gasteiger partial charge on any atom is 0.427 e. The highest BCUT2D eigenvalue weighted by atomic mass is 16.5. The summed E-state index contributed by atoms with van der Waals surface area (Å²) in [5.41, 5.74) is 2.88. The Bertz CT molecular complexity index is 572. The number of hydrazone groups is 1. The molecule has 8 heteroatoms. The molecule has 126 valence electrons. The number of methoxy groups -OCH3 is 1. The van der Waals surface area contributed by atoms with E-state index in [1.165, 1.54) is 18.2 Å². The van der Waals surface area contributed by atoms with Crippen LogP contribution in [-0.4, -0.2) is 57.5 Å². The van der Waals surface area contributed by atoms with E-state index in [1.54, 1.807) is 32.3 Å². The fourth-order valence-electron chi connectivity index (χ4n) is 1.47. The third kappa shape index (κ3) is 6.25. The maximum absolute atomic E-state index is 11.6. The number of rotatable bonds is 7. The Balaban J connectivity index is 2.80. The van der Waals surface area contributed by atoms with Crippen LogP contribution in [0.1, 0.15) is 12.5 Å². The van der Waals surface area contributed by atoms with Crippen LogP contribution < -0.4 is 14.9 Å². The Morgan fingerprint density at radius 3 is 2.61 bits per heavy atom. The predicted octanol–water partition coefficient (Wildman–Crippen LogP) is 1.24. The number of benzene rings is 1. The van der Waals surface area contributed by atoms with Crippen LogP contribution in [0.15, 0.2) is 23.3 Å². The highest BCUT2D eigenvalue weighted by Gasteiger charge is 2.10. The standard InChI is InChI=1S/C15H21N3O5/c1-5-22-13-8-11(9-16-17-15(20)21-4)6-7-12(13)23-10-14(19)18(2)3/h6-9H,5,10H2,1-4H3,(H,17,20)/b16-9+. The van der Waals surface area contributed by atoms with Crippen molar-refractivity contribution in [1.82, 2.24) is 10.3 Å². The molecule has 0 aliphatic rings. The number of nitrogens with zero attached hydrogens (tertiary/aromatic N) is 2. The third-order valence-corrected chi connectivity index (χ3v) is 2.67. The second-order valence-electron chi connectivity index (χ2n) is 4.58. The normalized spacial score (nSPS) is 10.3. The van der Waals surface area contributed by atoms with E-state index in [-0.39, 0.29) is 12.5 Å². The molecule has 0 saturated carbocycles. The van der Waals surface area contributed by atoms with Gasteiger partial charge in [0, 0.05) is 14.1 Å². The van der Waals surface area contributed by atoms with Gasteiger partial charge in [0.05, 0.1) is 19.9 Å². The largest absolute Gasteiger partial charge is 0.490 e. The molecule has 0 aliphatic heterocycles. The number of hydrogen-bond donors (Lipinski definition) is 1.